The normalized spacial score (nSPS) is 19.6. The van der Waals surface area contributed by atoms with Crippen LogP contribution < -0.4 is 5.32 Å². The van der Waals surface area contributed by atoms with Crippen LogP contribution in [-0.4, -0.2) is 55.7 Å². The van der Waals surface area contributed by atoms with Crippen LogP contribution in [0.4, 0.5) is 0 Å². The van der Waals surface area contributed by atoms with Crippen molar-refractivity contribution in [3.05, 3.63) is 17.3 Å². The van der Waals surface area contributed by atoms with Gasteiger partial charge in [0.2, 0.25) is 5.76 Å². The van der Waals surface area contributed by atoms with Gasteiger partial charge < -0.3 is 19.4 Å². The summed E-state index contributed by atoms with van der Waals surface area (Å²) >= 11 is 0. The maximum Gasteiger partial charge on any atom is 0.289 e. The second-order valence-electron chi connectivity index (χ2n) is 7.16. The first kappa shape index (κ1) is 17.4. The van der Waals surface area contributed by atoms with E-state index in [0.29, 0.717) is 29.2 Å². The van der Waals surface area contributed by atoms with Crippen LogP contribution >= 0.6 is 0 Å². The molecule has 0 unspecified atom stereocenters. The second-order valence-corrected chi connectivity index (χ2v) is 7.16. The first-order chi connectivity index (χ1) is 11.7. The molecule has 1 aromatic heterocycles. The van der Waals surface area contributed by atoms with E-state index >= 15 is 0 Å². The molecule has 2 fully saturated rings. The molecule has 2 heterocycles. The lowest BCUT2D eigenvalue weighted by Gasteiger charge is -2.31. The fraction of sp³-hybridized carbons (Fsp3) is 0.778. The summed E-state index contributed by atoms with van der Waals surface area (Å²) in [6, 6.07) is 0. The summed E-state index contributed by atoms with van der Waals surface area (Å²) in [4.78, 5) is 19.2. The van der Waals surface area contributed by atoms with Gasteiger partial charge in [0.1, 0.15) is 0 Å². The summed E-state index contributed by atoms with van der Waals surface area (Å²) in [5.41, 5.74) is 0.706. The first-order valence-corrected chi connectivity index (χ1v) is 9.11. The van der Waals surface area contributed by atoms with E-state index in [0.717, 1.165) is 52.0 Å². The fourth-order valence-electron chi connectivity index (χ4n) is 3.27. The highest BCUT2D eigenvalue weighted by Crippen LogP contribution is 2.32. The lowest BCUT2D eigenvalue weighted by Crippen LogP contribution is -2.39. The average Bonchev–Trinajstić information content (AvgIpc) is 3.32. The summed E-state index contributed by atoms with van der Waals surface area (Å²) in [7, 11) is 1.74. The van der Waals surface area contributed by atoms with Crippen molar-refractivity contribution in [1.82, 2.24) is 15.2 Å². The predicted octanol–water partition coefficient (Wildman–Crippen LogP) is 2.02. The van der Waals surface area contributed by atoms with Crippen molar-refractivity contribution in [1.29, 1.82) is 0 Å². The number of carbonyl (C=O) groups excluding carboxylic acids is 1. The Labute approximate surface area is 143 Å². The number of nitrogens with zero attached hydrogens (tertiary/aromatic N) is 2. The Hall–Kier alpha value is -1.40. The van der Waals surface area contributed by atoms with E-state index in [-0.39, 0.29) is 5.91 Å². The van der Waals surface area contributed by atoms with Gasteiger partial charge in [-0.05, 0) is 57.5 Å². The highest BCUT2D eigenvalue weighted by Gasteiger charge is 2.26. The molecule has 0 radical (unpaired) electrons. The van der Waals surface area contributed by atoms with Crippen LogP contribution in [0.5, 0.6) is 0 Å². The number of hydrogen-bond donors (Lipinski definition) is 1. The fourth-order valence-corrected chi connectivity index (χ4v) is 3.27. The number of aromatic nitrogens is 1. The Bertz CT molecular complexity index is 546. The van der Waals surface area contributed by atoms with E-state index < -0.39 is 0 Å². The molecule has 1 amide bonds. The Morgan fingerprint density at radius 1 is 1.29 bits per heavy atom. The number of carbonyl (C=O) groups is 1. The quantitative estimate of drug-likeness (QED) is 0.787. The first-order valence-electron chi connectivity index (χ1n) is 9.11. The number of methoxy groups -OCH3 is 1. The molecular weight excluding hydrogens is 306 g/mol. The maximum absolute atomic E-state index is 12.4. The molecule has 3 rings (SSSR count). The van der Waals surface area contributed by atoms with Gasteiger partial charge in [-0.3, -0.25) is 4.79 Å². The van der Waals surface area contributed by atoms with Gasteiger partial charge in [-0.25, -0.2) is 4.98 Å². The number of hydrogen-bond acceptors (Lipinski definition) is 5. The number of aryl methyl sites for hydroxylation is 1. The van der Waals surface area contributed by atoms with Crippen LogP contribution in [0.15, 0.2) is 4.42 Å². The molecule has 6 heteroatoms. The molecule has 1 saturated heterocycles. The molecule has 1 saturated carbocycles. The highest BCUT2D eigenvalue weighted by molar-refractivity contribution is 5.92. The van der Waals surface area contributed by atoms with Gasteiger partial charge in [-0.15, -0.1) is 0 Å². The summed E-state index contributed by atoms with van der Waals surface area (Å²) in [6.45, 7) is 6.51. The third-order valence-corrected chi connectivity index (χ3v) is 5.08. The van der Waals surface area contributed by atoms with E-state index in [1.54, 1.807) is 7.11 Å². The third kappa shape index (κ3) is 4.80. The molecule has 0 bridgehead atoms. The molecule has 1 aliphatic heterocycles. The van der Waals surface area contributed by atoms with Crippen molar-refractivity contribution in [2.45, 2.75) is 39.0 Å². The summed E-state index contributed by atoms with van der Waals surface area (Å²) in [5, 5.41) is 3.03. The second kappa shape index (κ2) is 8.12. The zero-order valence-corrected chi connectivity index (χ0v) is 14.8. The van der Waals surface area contributed by atoms with Crippen LogP contribution in [0, 0.1) is 18.8 Å². The van der Waals surface area contributed by atoms with Crippen molar-refractivity contribution in [3.8, 4) is 0 Å². The third-order valence-electron chi connectivity index (χ3n) is 5.08. The zero-order valence-electron chi connectivity index (χ0n) is 14.8. The van der Waals surface area contributed by atoms with Gasteiger partial charge in [0.15, 0.2) is 5.89 Å². The van der Waals surface area contributed by atoms with E-state index in [4.69, 9.17) is 9.15 Å². The molecule has 1 aliphatic carbocycles. The van der Waals surface area contributed by atoms with Gasteiger partial charge in [0.25, 0.3) is 5.91 Å². The largest absolute Gasteiger partial charge is 0.435 e. The van der Waals surface area contributed by atoms with Crippen LogP contribution in [0.2, 0.25) is 0 Å². The van der Waals surface area contributed by atoms with Crippen LogP contribution in [0.1, 0.15) is 47.8 Å². The minimum absolute atomic E-state index is 0.121. The van der Waals surface area contributed by atoms with E-state index in [1.807, 2.05) is 6.92 Å². The molecule has 2 aliphatic rings. The van der Waals surface area contributed by atoms with Crippen molar-refractivity contribution in [2.75, 3.05) is 39.9 Å². The number of amides is 1. The molecular formula is C18H29N3O3. The molecule has 1 N–H and O–H groups in total. The smallest absolute Gasteiger partial charge is 0.289 e. The van der Waals surface area contributed by atoms with Crippen molar-refractivity contribution in [3.63, 3.8) is 0 Å². The molecule has 0 aromatic carbocycles. The van der Waals surface area contributed by atoms with Gasteiger partial charge in [0, 0.05) is 26.6 Å². The molecule has 0 atom stereocenters. The average molecular weight is 335 g/mol. The summed E-state index contributed by atoms with van der Waals surface area (Å²) in [6.07, 6.45) is 5.62. The Kier molecular flexibility index (Phi) is 5.89. The number of ether oxygens (including phenoxy) is 1. The molecule has 134 valence electrons. The summed E-state index contributed by atoms with van der Waals surface area (Å²) in [5.74, 6) is 2.24. The standard InChI is InChI=1S/C18H29N3O3/c1-13-17(24-16(20-13)11-14-3-4-14)18(22)19-12-15-5-7-21(8-6-15)9-10-23-2/h14-15H,3-12H2,1-2H3,(H,19,22). The van der Waals surface area contributed by atoms with Gasteiger partial charge >= 0.3 is 0 Å². The van der Waals surface area contributed by atoms with Crippen LogP contribution in [0.25, 0.3) is 0 Å². The SMILES string of the molecule is COCCN1CCC(CNC(=O)c2oc(CC3CC3)nc2C)CC1. The number of oxazole rings is 1. The van der Waals surface area contributed by atoms with Gasteiger partial charge in [0.05, 0.1) is 12.3 Å². The predicted molar refractivity (Wildman–Crippen MR) is 91.0 cm³/mol. The molecule has 6 nitrogen and oxygen atoms in total. The van der Waals surface area contributed by atoms with E-state index in [1.165, 1.54) is 12.8 Å². The molecule has 1 aromatic rings. The minimum atomic E-state index is -0.121. The van der Waals surface area contributed by atoms with E-state index in [2.05, 4.69) is 15.2 Å². The zero-order chi connectivity index (χ0) is 16.9. The van der Waals surface area contributed by atoms with Crippen LogP contribution in [0.3, 0.4) is 0 Å². The Balaban J connectivity index is 1.42. The van der Waals surface area contributed by atoms with E-state index in [9.17, 15) is 4.79 Å². The lowest BCUT2D eigenvalue weighted by atomic mass is 9.97. The Morgan fingerprint density at radius 3 is 2.71 bits per heavy atom. The monoisotopic (exact) mass is 335 g/mol. The maximum atomic E-state index is 12.4. The van der Waals surface area contributed by atoms with Crippen molar-refractivity contribution < 1.29 is 13.9 Å². The number of piperidine rings is 1. The van der Waals surface area contributed by atoms with Gasteiger partial charge in [-0.1, -0.05) is 0 Å². The number of rotatable bonds is 8. The minimum Gasteiger partial charge on any atom is -0.435 e. The van der Waals surface area contributed by atoms with Crippen molar-refractivity contribution in [2.24, 2.45) is 11.8 Å². The van der Waals surface area contributed by atoms with Crippen LogP contribution in [-0.2, 0) is 11.2 Å². The number of nitrogens with one attached hydrogen (secondary N) is 1. The van der Waals surface area contributed by atoms with Gasteiger partial charge in [-0.2, -0.15) is 0 Å². The van der Waals surface area contributed by atoms with Crippen molar-refractivity contribution >= 4 is 5.91 Å². The Morgan fingerprint density at radius 2 is 2.04 bits per heavy atom. The number of likely N-dealkylation sites (tertiary alicyclic amines) is 1. The lowest BCUT2D eigenvalue weighted by molar-refractivity contribution is 0.0896. The topological polar surface area (TPSA) is 67.6 Å². The molecule has 24 heavy (non-hydrogen) atoms. The summed E-state index contributed by atoms with van der Waals surface area (Å²) < 4.78 is 10.8. The molecule has 0 spiro atoms. The highest BCUT2D eigenvalue weighted by atomic mass is 16.5.